The zero-order valence-corrected chi connectivity index (χ0v) is 12.6. The van der Waals surface area contributed by atoms with E-state index in [1.165, 1.54) is 28.6 Å². The normalized spacial score (nSPS) is 16.2. The third-order valence-corrected chi connectivity index (χ3v) is 4.69. The van der Waals surface area contributed by atoms with Crippen LogP contribution in [0.5, 0.6) is 0 Å². The lowest BCUT2D eigenvalue weighted by atomic mass is 10.0. The zero-order chi connectivity index (χ0) is 13.4. The van der Waals surface area contributed by atoms with Crippen molar-refractivity contribution in [3.05, 3.63) is 33.4 Å². The summed E-state index contributed by atoms with van der Waals surface area (Å²) in [6.07, 6.45) is 3.38. The predicted octanol–water partition coefficient (Wildman–Crippen LogP) is 4.05. The minimum Gasteiger partial charge on any atom is -0.345 e. The van der Waals surface area contributed by atoms with Crippen LogP contribution in [0.2, 0.25) is 10.0 Å². The molecule has 1 N–H and O–H groups in total. The smallest absolute Gasteiger partial charge is 0.0613 e. The molecule has 0 saturated heterocycles. The van der Waals surface area contributed by atoms with Crippen LogP contribution in [0.3, 0.4) is 0 Å². The molecular formula is C15H18Cl2N2. The van der Waals surface area contributed by atoms with Crippen molar-refractivity contribution in [2.45, 2.75) is 32.7 Å². The first kappa shape index (κ1) is 13.3. The number of benzene rings is 1. The Balaban J connectivity index is 2.29. The van der Waals surface area contributed by atoms with Crippen molar-refractivity contribution in [1.29, 1.82) is 0 Å². The number of aryl methyl sites for hydroxylation is 1. The maximum absolute atomic E-state index is 6.20. The molecule has 102 valence electrons. The molecule has 0 amide bonds. The van der Waals surface area contributed by atoms with Crippen LogP contribution < -0.4 is 5.32 Å². The highest BCUT2D eigenvalue weighted by Crippen LogP contribution is 2.34. The average molecular weight is 297 g/mol. The van der Waals surface area contributed by atoms with E-state index in [9.17, 15) is 0 Å². The lowest BCUT2D eigenvalue weighted by Gasteiger charge is -2.14. The maximum atomic E-state index is 6.20. The highest BCUT2D eigenvalue weighted by atomic mass is 35.5. The molecule has 0 saturated carbocycles. The van der Waals surface area contributed by atoms with Gasteiger partial charge in [0.2, 0.25) is 0 Å². The lowest BCUT2D eigenvalue weighted by Crippen LogP contribution is -2.22. The summed E-state index contributed by atoms with van der Waals surface area (Å²) in [4.78, 5) is 0. The molecule has 1 aliphatic rings. The highest BCUT2D eigenvalue weighted by Gasteiger charge is 2.18. The molecule has 0 bridgehead atoms. The molecule has 0 radical (unpaired) electrons. The van der Waals surface area contributed by atoms with E-state index in [1.807, 2.05) is 12.1 Å². The quantitative estimate of drug-likeness (QED) is 0.840. The minimum absolute atomic E-state index is 0.646. The van der Waals surface area contributed by atoms with Gasteiger partial charge in [-0.05, 0) is 57.0 Å². The van der Waals surface area contributed by atoms with Gasteiger partial charge in [-0.25, -0.2) is 0 Å². The molecule has 1 aromatic carbocycles. The number of hydrogen-bond acceptors (Lipinski definition) is 1. The Bertz CT molecular complexity index is 616. The summed E-state index contributed by atoms with van der Waals surface area (Å²) < 4.78 is 2.40. The Morgan fingerprint density at radius 3 is 2.74 bits per heavy atom. The van der Waals surface area contributed by atoms with Crippen LogP contribution in [0.1, 0.15) is 24.6 Å². The summed E-state index contributed by atoms with van der Waals surface area (Å²) in [6, 6.07) is 4.05. The predicted molar refractivity (Wildman–Crippen MR) is 82.5 cm³/mol. The summed E-state index contributed by atoms with van der Waals surface area (Å²) in [5.74, 6) is 0. The molecule has 0 fully saturated rings. The van der Waals surface area contributed by atoms with E-state index in [-0.39, 0.29) is 0 Å². The van der Waals surface area contributed by atoms with Gasteiger partial charge in [0.15, 0.2) is 0 Å². The highest BCUT2D eigenvalue weighted by molar-refractivity contribution is 6.42. The van der Waals surface area contributed by atoms with Crippen molar-refractivity contribution in [3.8, 4) is 0 Å². The van der Waals surface area contributed by atoms with Gasteiger partial charge in [-0.3, -0.25) is 0 Å². The van der Waals surface area contributed by atoms with Crippen molar-refractivity contribution < 1.29 is 0 Å². The average Bonchev–Trinajstić information content (AvgIpc) is 2.62. The largest absolute Gasteiger partial charge is 0.345 e. The Kier molecular flexibility index (Phi) is 3.75. The van der Waals surface area contributed by atoms with Crippen LogP contribution in [-0.4, -0.2) is 17.7 Å². The first-order valence-electron chi connectivity index (χ1n) is 6.92. The lowest BCUT2D eigenvalue weighted by molar-refractivity contribution is 0.602. The van der Waals surface area contributed by atoms with Gasteiger partial charge < -0.3 is 9.88 Å². The second kappa shape index (κ2) is 5.35. The van der Waals surface area contributed by atoms with Crippen molar-refractivity contribution >= 4 is 34.1 Å². The van der Waals surface area contributed by atoms with Gasteiger partial charge in [0.1, 0.15) is 0 Å². The van der Waals surface area contributed by atoms with E-state index < -0.39 is 0 Å². The third-order valence-electron chi connectivity index (χ3n) is 3.96. The number of nitrogens with one attached hydrogen (secondary N) is 1. The Morgan fingerprint density at radius 1 is 1.16 bits per heavy atom. The maximum Gasteiger partial charge on any atom is 0.0613 e. The zero-order valence-electron chi connectivity index (χ0n) is 11.1. The van der Waals surface area contributed by atoms with E-state index in [2.05, 4.69) is 16.8 Å². The molecule has 19 heavy (non-hydrogen) atoms. The van der Waals surface area contributed by atoms with E-state index in [0.717, 1.165) is 32.5 Å². The van der Waals surface area contributed by atoms with Crippen molar-refractivity contribution in [2.75, 3.05) is 13.1 Å². The summed E-state index contributed by atoms with van der Waals surface area (Å²) in [5, 5.41) is 6.05. The molecule has 0 spiro atoms. The topological polar surface area (TPSA) is 17.0 Å². The van der Waals surface area contributed by atoms with Crippen molar-refractivity contribution in [1.82, 2.24) is 9.88 Å². The molecule has 0 unspecified atom stereocenters. The number of halogens is 2. The van der Waals surface area contributed by atoms with E-state index in [0.29, 0.717) is 10.0 Å². The second-order valence-electron chi connectivity index (χ2n) is 5.06. The molecule has 0 atom stereocenters. The van der Waals surface area contributed by atoms with Crippen LogP contribution in [0.25, 0.3) is 10.9 Å². The summed E-state index contributed by atoms with van der Waals surface area (Å²) in [7, 11) is 0. The van der Waals surface area contributed by atoms with Crippen LogP contribution in [-0.2, 0) is 19.4 Å². The van der Waals surface area contributed by atoms with Crippen molar-refractivity contribution in [2.24, 2.45) is 0 Å². The van der Waals surface area contributed by atoms with Crippen molar-refractivity contribution in [3.63, 3.8) is 0 Å². The molecule has 2 heterocycles. The summed E-state index contributed by atoms with van der Waals surface area (Å²) in [6.45, 7) is 5.32. The molecule has 1 aromatic heterocycles. The number of rotatable bonds is 1. The summed E-state index contributed by atoms with van der Waals surface area (Å²) >= 11 is 12.4. The SMILES string of the molecule is CCn1c2c(c3cc(Cl)c(Cl)cc31)CCNCCC2. The molecule has 3 rings (SSSR count). The molecule has 1 aliphatic heterocycles. The molecule has 2 aromatic rings. The monoisotopic (exact) mass is 296 g/mol. The van der Waals surface area contributed by atoms with Gasteiger partial charge in [-0.2, -0.15) is 0 Å². The van der Waals surface area contributed by atoms with E-state index in [4.69, 9.17) is 23.2 Å². The van der Waals surface area contributed by atoms with Crippen LogP contribution in [0.15, 0.2) is 12.1 Å². The third kappa shape index (κ3) is 2.26. The van der Waals surface area contributed by atoms with Gasteiger partial charge in [-0.15, -0.1) is 0 Å². The van der Waals surface area contributed by atoms with Gasteiger partial charge >= 0.3 is 0 Å². The fourth-order valence-corrected chi connectivity index (χ4v) is 3.43. The molecule has 2 nitrogen and oxygen atoms in total. The van der Waals surface area contributed by atoms with Gasteiger partial charge in [0.25, 0.3) is 0 Å². The molecular weight excluding hydrogens is 279 g/mol. The fraction of sp³-hybridized carbons (Fsp3) is 0.467. The standard InChI is InChI=1S/C15H18Cl2N2/c1-2-19-14-4-3-6-18-7-5-10(14)11-8-12(16)13(17)9-15(11)19/h8-9,18H,2-7H2,1H3. The first-order valence-corrected chi connectivity index (χ1v) is 7.67. The van der Waals surface area contributed by atoms with E-state index in [1.54, 1.807) is 0 Å². The number of nitrogens with zero attached hydrogens (tertiary/aromatic N) is 1. The van der Waals surface area contributed by atoms with E-state index >= 15 is 0 Å². The number of fused-ring (bicyclic) bond motifs is 3. The van der Waals surface area contributed by atoms with Crippen LogP contribution >= 0.6 is 23.2 Å². The Morgan fingerprint density at radius 2 is 1.95 bits per heavy atom. The fourth-order valence-electron chi connectivity index (χ4n) is 3.11. The minimum atomic E-state index is 0.646. The van der Waals surface area contributed by atoms with Crippen LogP contribution in [0, 0.1) is 0 Å². The van der Waals surface area contributed by atoms with Crippen LogP contribution in [0.4, 0.5) is 0 Å². The Labute approximate surface area is 123 Å². The van der Waals surface area contributed by atoms with Gasteiger partial charge in [-0.1, -0.05) is 23.2 Å². The van der Waals surface area contributed by atoms with Gasteiger partial charge in [0, 0.05) is 17.6 Å². The van der Waals surface area contributed by atoms with Gasteiger partial charge in [0.05, 0.1) is 15.6 Å². The number of aromatic nitrogens is 1. The molecule has 4 heteroatoms. The Hall–Kier alpha value is -0.700. The second-order valence-corrected chi connectivity index (χ2v) is 5.87. The number of hydrogen-bond donors (Lipinski definition) is 1. The first-order chi connectivity index (χ1) is 9.22. The summed E-state index contributed by atoms with van der Waals surface area (Å²) in [5.41, 5.74) is 4.14. The molecule has 0 aliphatic carbocycles.